The second-order valence-electron chi connectivity index (χ2n) is 6.59. The van der Waals surface area contributed by atoms with Gasteiger partial charge in [0.15, 0.2) is 0 Å². The summed E-state index contributed by atoms with van der Waals surface area (Å²) in [4.78, 5) is 26.9. The molecule has 27 heavy (non-hydrogen) atoms. The number of carbonyl (C=O) groups is 1. The quantitative estimate of drug-likeness (QED) is 0.583. The molecule has 0 spiro atoms. The number of non-ortho nitro benzene ring substituents is 1. The molecule has 1 aliphatic heterocycles. The summed E-state index contributed by atoms with van der Waals surface area (Å²) in [6.45, 7) is 4.01. The minimum Gasteiger partial charge on any atom is -0.340 e. The smallest absolute Gasteiger partial charge is 0.269 e. The van der Waals surface area contributed by atoms with Crippen LogP contribution in [0, 0.1) is 10.1 Å². The van der Waals surface area contributed by atoms with E-state index in [9.17, 15) is 14.9 Å². The SMILES string of the molecule is O=C(Cc1ccc([N+](=O)[O-])cc1)N1CCN(CC=Cc2ccccc2)CC1. The van der Waals surface area contributed by atoms with Gasteiger partial charge in [-0.15, -0.1) is 0 Å². The van der Waals surface area contributed by atoms with Crippen LogP contribution in [0.15, 0.2) is 60.7 Å². The van der Waals surface area contributed by atoms with Crippen LogP contribution in [0.4, 0.5) is 5.69 Å². The van der Waals surface area contributed by atoms with E-state index in [2.05, 4.69) is 29.2 Å². The fraction of sp³-hybridized carbons (Fsp3) is 0.286. The summed E-state index contributed by atoms with van der Waals surface area (Å²) in [5.41, 5.74) is 2.04. The van der Waals surface area contributed by atoms with Crippen molar-refractivity contribution < 1.29 is 9.72 Å². The van der Waals surface area contributed by atoms with Crippen molar-refractivity contribution in [3.05, 3.63) is 81.9 Å². The van der Waals surface area contributed by atoms with Crippen molar-refractivity contribution in [1.29, 1.82) is 0 Å². The Kier molecular flexibility index (Phi) is 6.33. The molecule has 1 amide bonds. The lowest BCUT2D eigenvalue weighted by molar-refractivity contribution is -0.384. The van der Waals surface area contributed by atoms with Crippen molar-refractivity contribution in [2.75, 3.05) is 32.7 Å². The van der Waals surface area contributed by atoms with Crippen LogP contribution in [0.25, 0.3) is 6.08 Å². The summed E-state index contributed by atoms with van der Waals surface area (Å²) < 4.78 is 0. The molecule has 1 aliphatic rings. The van der Waals surface area contributed by atoms with Crippen LogP contribution in [-0.2, 0) is 11.2 Å². The molecule has 0 unspecified atom stereocenters. The Morgan fingerprint density at radius 2 is 1.67 bits per heavy atom. The highest BCUT2D eigenvalue weighted by molar-refractivity contribution is 5.79. The number of nitro benzene ring substituents is 1. The summed E-state index contributed by atoms with van der Waals surface area (Å²) in [6, 6.07) is 16.4. The third-order valence-corrected chi connectivity index (χ3v) is 4.70. The molecule has 6 nitrogen and oxygen atoms in total. The highest BCUT2D eigenvalue weighted by Crippen LogP contribution is 2.13. The maximum absolute atomic E-state index is 12.5. The number of rotatable bonds is 6. The van der Waals surface area contributed by atoms with Crippen LogP contribution in [-0.4, -0.2) is 53.4 Å². The van der Waals surface area contributed by atoms with Gasteiger partial charge < -0.3 is 4.90 Å². The van der Waals surface area contributed by atoms with Crippen LogP contribution >= 0.6 is 0 Å². The van der Waals surface area contributed by atoms with Crippen molar-refractivity contribution in [2.45, 2.75) is 6.42 Å². The van der Waals surface area contributed by atoms with Crippen LogP contribution in [0.1, 0.15) is 11.1 Å². The molecule has 0 atom stereocenters. The summed E-state index contributed by atoms with van der Waals surface area (Å²) >= 11 is 0. The van der Waals surface area contributed by atoms with E-state index in [0.717, 1.165) is 25.2 Å². The van der Waals surface area contributed by atoms with Gasteiger partial charge in [0.2, 0.25) is 5.91 Å². The monoisotopic (exact) mass is 365 g/mol. The van der Waals surface area contributed by atoms with E-state index in [1.54, 1.807) is 12.1 Å². The van der Waals surface area contributed by atoms with Gasteiger partial charge in [-0.2, -0.15) is 0 Å². The van der Waals surface area contributed by atoms with Crippen molar-refractivity contribution in [3.63, 3.8) is 0 Å². The standard InChI is InChI=1S/C21H23N3O3/c25-21(17-19-8-10-20(11-9-19)24(26)27)23-15-13-22(14-16-23)12-4-7-18-5-2-1-3-6-18/h1-11H,12-17H2. The maximum atomic E-state index is 12.5. The van der Waals surface area contributed by atoms with Crippen molar-refractivity contribution >= 4 is 17.7 Å². The second kappa shape index (κ2) is 9.09. The first-order chi connectivity index (χ1) is 13.1. The lowest BCUT2D eigenvalue weighted by Crippen LogP contribution is -2.49. The normalized spacial score (nSPS) is 15.2. The Labute approximate surface area is 158 Å². The van der Waals surface area contributed by atoms with E-state index in [4.69, 9.17) is 0 Å². The van der Waals surface area contributed by atoms with Gasteiger partial charge >= 0.3 is 0 Å². The van der Waals surface area contributed by atoms with E-state index < -0.39 is 4.92 Å². The Bertz CT molecular complexity index is 795. The number of hydrogen-bond acceptors (Lipinski definition) is 4. The number of carbonyl (C=O) groups excluding carboxylic acids is 1. The van der Waals surface area contributed by atoms with Crippen molar-refractivity contribution in [2.24, 2.45) is 0 Å². The van der Waals surface area contributed by atoms with E-state index in [1.807, 2.05) is 23.1 Å². The van der Waals surface area contributed by atoms with Crippen LogP contribution in [0.5, 0.6) is 0 Å². The number of piperazine rings is 1. The van der Waals surface area contributed by atoms with Gasteiger partial charge in [-0.1, -0.05) is 54.6 Å². The van der Waals surface area contributed by atoms with Crippen LogP contribution in [0.2, 0.25) is 0 Å². The molecule has 6 heteroatoms. The van der Waals surface area contributed by atoms with Crippen molar-refractivity contribution in [3.8, 4) is 0 Å². The zero-order valence-corrected chi connectivity index (χ0v) is 15.2. The molecule has 0 N–H and O–H groups in total. The van der Waals surface area contributed by atoms with Crippen LogP contribution in [0.3, 0.4) is 0 Å². The number of nitrogens with zero attached hydrogens (tertiary/aromatic N) is 3. The number of benzene rings is 2. The zero-order valence-electron chi connectivity index (χ0n) is 15.2. The molecule has 0 radical (unpaired) electrons. The Hall–Kier alpha value is -2.99. The molecule has 1 heterocycles. The average molecular weight is 365 g/mol. The summed E-state index contributed by atoms with van der Waals surface area (Å²) in [7, 11) is 0. The lowest BCUT2D eigenvalue weighted by atomic mass is 10.1. The summed E-state index contributed by atoms with van der Waals surface area (Å²) in [6.07, 6.45) is 4.56. The molecular weight excluding hydrogens is 342 g/mol. The first kappa shape index (κ1) is 18.8. The molecule has 0 aliphatic carbocycles. The zero-order chi connectivity index (χ0) is 19.1. The largest absolute Gasteiger partial charge is 0.340 e. The maximum Gasteiger partial charge on any atom is 0.269 e. The van der Waals surface area contributed by atoms with Crippen molar-refractivity contribution in [1.82, 2.24) is 9.80 Å². The second-order valence-corrected chi connectivity index (χ2v) is 6.59. The highest BCUT2D eigenvalue weighted by atomic mass is 16.6. The Morgan fingerprint density at radius 1 is 1.00 bits per heavy atom. The topological polar surface area (TPSA) is 66.7 Å². The number of amides is 1. The third-order valence-electron chi connectivity index (χ3n) is 4.70. The highest BCUT2D eigenvalue weighted by Gasteiger charge is 2.20. The first-order valence-corrected chi connectivity index (χ1v) is 9.07. The number of hydrogen-bond donors (Lipinski definition) is 0. The molecule has 1 saturated heterocycles. The first-order valence-electron chi connectivity index (χ1n) is 9.07. The lowest BCUT2D eigenvalue weighted by Gasteiger charge is -2.34. The molecule has 0 aromatic heterocycles. The predicted octanol–water partition coefficient (Wildman–Crippen LogP) is 2.99. The van der Waals surface area contributed by atoms with E-state index in [-0.39, 0.29) is 18.0 Å². The molecule has 3 rings (SSSR count). The minimum absolute atomic E-state index is 0.0448. The van der Waals surface area contributed by atoms with Gasteiger partial charge in [0.25, 0.3) is 5.69 Å². The predicted molar refractivity (Wildman–Crippen MR) is 105 cm³/mol. The molecule has 2 aromatic carbocycles. The molecule has 0 bridgehead atoms. The Morgan fingerprint density at radius 3 is 2.30 bits per heavy atom. The molecule has 140 valence electrons. The fourth-order valence-electron chi connectivity index (χ4n) is 3.10. The Balaban J connectivity index is 1.43. The molecule has 1 fully saturated rings. The van der Waals surface area contributed by atoms with Gasteiger partial charge in [0.1, 0.15) is 0 Å². The van der Waals surface area contributed by atoms with Gasteiger partial charge in [0, 0.05) is 44.9 Å². The van der Waals surface area contributed by atoms with Gasteiger partial charge in [-0.3, -0.25) is 19.8 Å². The van der Waals surface area contributed by atoms with E-state index >= 15 is 0 Å². The minimum atomic E-state index is -0.433. The van der Waals surface area contributed by atoms with Crippen LogP contribution < -0.4 is 0 Å². The van der Waals surface area contributed by atoms with Gasteiger partial charge in [-0.25, -0.2) is 0 Å². The molecule has 0 saturated carbocycles. The number of nitro groups is 1. The third kappa shape index (κ3) is 5.49. The molecule has 2 aromatic rings. The fourth-order valence-corrected chi connectivity index (χ4v) is 3.10. The summed E-state index contributed by atoms with van der Waals surface area (Å²) in [5, 5.41) is 10.7. The average Bonchev–Trinajstić information content (AvgIpc) is 2.70. The summed E-state index contributed by atoms with van der Waals surface area (Å²) in [5.74, 6) is 0.0725. The van der Waals surface area contributed by atoms with E-state index in [1.165, 1.54) is 17.7 Å². The van der Waals surface area contributed by atoms with Gasteiger partial charge in [-0.05, 0) is 11.1 Å². The molecular formula is C21H23N3O3. The van der Waals surface area contributed by atoms with Gasteiger partial charge in [0.05, 0.1) is 11.3 Å². The van der Waals surface area contributed by atoms with E-state index in [0.29, 0.717) is 13.1 Å².